The van der Waals surface area contributed by atoms with Gasteiger partial charge in [0.05, 0.1) is 30.7 Å². The first-order valence-electron chi connectivity index (χ1n) is 12.4. The van der Waals surface area contributed by atoms with Crippen LogP contribution in [0.25, 0.3) is 11.0 Å². The molecule has 0 aliphatic carbocycles. The van der Waals surface area contributed by atoms with Crippen molar-refractivity contribution in [1.29, 1.82) is 0 Å². The summed E-state index contributed by atoms with van der Waals surface area (Å²) in [5, 5.41) is 0.456. The summed E-state index contributed by atoms with van der Waals surface area (Å²) in [6.45, 7) is 4.66. The smallest absolute Gasteiger partial charge is 0.295 e. The number of nitrogens with zero attached hydrogens (tertiary/aromatic N) is 1. The maximum absolute atomic E-state index is 13.9. The Balaban J connectivity index is 1.67. The van der Waals surface area contributed by atoms with E-state index < -0.39 is 6.04 Å². The first kappa shape index (κ1) is 25.1. The molecule has 6 nitrogen and oxygen atoms in total. The van der Waals surface area contributed by atoms with E-state index >= 15 is 0 Å². The van der Waals surface area contributed by atoms with Gasteiger partial charge in [0.2, 0.25) is 5.76 Å². The third-order valence-electron chi connectivity index (χ3n) is 6.64. The predicted octanol–water partition coefficient (Wildman–Crippen LogP) is 7.19. The number of benzene rings is 3. The second kappa shape index (κ2) is 10.4. The van der Waals surface area contributed by atoms with E-state index in [0.29, 0.717) is 40.3 Å². The van der Waals surface area contributed by atoms with Gasteiger partial charge < -0.3 is 13.9 Å². The third-order valence-corrected chi connectivity index (χ3v) is 7.17. The van der Waals surface area contributed by atoms with E-state index in [1.165, 1.54) is 0 Å². The van der Waals surface area contributed by atoms with Gasteiger partial charge in [0.25, 0.3) is 5.91 Å². The Kier molecular flexibility index (Phi) is 7.07. The molecule has 7 heteroatoms. The van der Waals surface area contributed by atoms with Crippen LogP contribution < -0.4 is 19.8 Å². The number of carbonyl (C=O) groups is 1. The minimum absolute atomic E-state index is 0.0631. The lowest BCUT2D eigenvalue weighted by Gasteiger charge is -2.26. The summed E-state index contributed by atoms with van der Waals surface area (Å²) in [4.78, 5) is 29.2. The molecular weight excluding hydrogens is 534 g/mol. The van der Waals surface area contributed by atoms with Crippen LogP contribution in [-0.4, -0.2) is 19.6 Å². The number of rotatable bonds is 8. The second-order valence-corrected chi connectivity index (χ2v) is 10.1. The molecule has 0 fully saturated rings. The minimum atomic E-state index is -0.687. The molecule has 0 spiro atoms. The molecule has 0 N–H and O–H groups in total. The van der Waals surface area contributed by atoms with Crippen molar-refractivity contribution in [3.63, 3.8) is 0 Å². The van der Waals surface area contributed by atoms with Gasteiger partial charge in [-0.1, -0.05) is 53.4 Å². The maximum atomic E-state index is 13.9. The van der Waals surface area contributed by atoms with Gasteiger partial charge in [-0.15, -0.1) is 0 Å². The molecule has 1 atom stereocenters. The molecule has 1 aliphatic heterocycles. The number of halogens is 1. The van der Waals surface area contributed by atoms with Crippen LogP contribution in [0.2, 0.25) is 0 Å². The minimum Gasteiger partial charge on any atom is -0.493 e. The third kappa shape index (κ3) is 4.64. The van der Waals surface area contributed by atoms with Gasteiger partial charge >= 0.3 is 0 Å². The van der Waals surface area contributed by atoms with Crippen molar-refractivity contribution in [1.82, 2.24) is 0 Å². The van der Waals surface area contributed by atoms with Gasteiger partial charge in [-0.05, 0) is 67.4 Å². The van der Waals surface area contributed by atoms with Crippen molar-refractivity contribution < 1.29 is 18.7 Å². The standard InChI is InChI=1S/C30H28BrNO5/c1-4-5-6-15-36-24-14-8-19(17-25(24)35-3)27-26-28(33)22-16-18(2)7-13-23(22)37-29(26)30(34)32(27)21-11-9-20(31)10-12-21/h7-14,16-17,27H,4-6,15H2,1-3H3. The number of ether oxygens (including phenoxy) is 2. The van der Waals surface area contributed by atoms with Crippen LogP contribution in [0.15, 0.2) is 74.3 Å². The molecular formula is C30H28BrNO5. The van der Waals surface area contributed by atoms with Crippen LogP contribution in [0.3, 0.4) is 0 Å². The van der Waals surface area contributed by atoms with Gasteiger partial charge in [-0.25, -0.2) is 0 Å². The summed E-state index contributed by atoms with van der Waals surface area (Å²) >= 11 is 3.46. The molecule has 0 radical (unpaired) electrons. The lowest BCUT2D eigenvalue weighted by molar-refractivity contribution is 0.0971. The second-order valence-electron chi connectivity index (χ2n) is 9.19. The molecule has 0 saturated heterocycles. The number of anilines is 1. The van der Waals surface area contributed by atoms with Crippen molar-refractivity contribution in [3.05, 3.63) is 97.8 Å². The summed E-state index contributed by atoms with van der Waals surface area (Å²) in [5.74, 6) is 0.879. The highest BCUT2D eigenvalue weighted by atomic mass is 79.9. The highest BCUT2D eigenvalue weighted by Crippen LogP contribution is 2.43. The van der Waals surface area contributed by atoms with Crippen LogP contribution in [0.1, 0.15) is 59.5 Å². The highest BCUT2D eigenvalue weighted by molar-refractivity contribution is 9.10. The summed E-state index contributed by atoms with van der Waals surface area (Å²) < 4.78 is 18.6. The Hall–Kier alpha value is -3.58. The van der Waals surface area contributed by atoms with Gasteiger partial charge in [-0.2, -0.15) is 0 Å². The maximum Gasteiger partial charge on any atom is 0.295 e. The van der Waals surface area contributed by atoms with Crippen molar-refractivity contribution in [2.24, 2.45) is 0 Å². The van der Waals surface area contributed by atoms with Crippen molar-refractivity contribution >= 4 is 38.5 Å². The fourth-order valence-corrected chi connectivity index (χ4v) is 5.04. The van der Waals surface area contributed by atoms with Gasteiger partial charge in [0.1, 0.15) is 5.58 Å². The molecule has 190 valence electrons. The highest BCUT2D eigenvalue weighted by Gasteiger charge is 2.44. The number of methoxy groups -OCH3 is 1. The Morgan fingerprint density at radius 2 is 1.76 bits per heavy atom. The van der Waals surface area contributed by atoms with Crippen molar-refractivity contribution in [3.8, 4) is 11.5 Å². The van der Waals surface area contributed by atoms with E-state index in [-0.39, 0.29) is 17.1 Å². The number of unbranched alkanes of at least 4 members (excludes halogenated alkanes) is 2. The number of carbonyl (C=O) groups excluding carboxylic acids is 1. The normalized spacial score (nSPS) is 14.8. The molecule has 1 unspecified atom stereocenters. The lowest BCUT2D eigenvalue weighted by Crippen LogP contribution is -2.29. The fourth-order valence-electron chi connectivity index (χ4n) is 4.78. The number of amides is 1. The number of fused-ring (bicyclic) bond motifs is 2. The molecule has 0 bridgehead atoms. The van der Waals surface area contributed by atoms with E-state index in [0.717, 1.165) is 34.9 Å². The van der Waals surface area contributed by atoms with E-state index in [4.69, 9.17) is 13.9 Å². The average Bonchev–Trinajstić information content (AvgIpc) is 3.20. The van der Waals surface area contributed by atoms with E-state index in [2.05, 4.69) is 22.9 Å². The Labute approximate surface area is 223 Å². The van der Waals surface area contributed by atoms with Crippen LogP contribution >= 0.6 is 15.9 Å². The molecule has 0 saturated carbocycles. The Morgan fingerprint density at radius 3 is 2.49 bits per heavy atom. The first-order valence-corrected chi connectivity index (χ1v) is 13.2. The Bertz CT molecular complexity index is 1530. The average molecular weight is 562 g/mol. The molecule has 4 aromatic rings. The lowest BCUT2D eigenvalue weighted by atomic mass is 9.97. The summed E-state index contributed by atoms with van der Waals surface area (Å²) in [6, 6.07) is 17.7. The van der Waals surface area contributed by atoms with Crippen LogP contribution in [0, 0.1) is 6.92 Å². The zero-order valence-electron chi connectivity index (χ0n) is 21.0. The number of hydrogen-bond acceptors (Lipinski definition) is 5. The topological polar surface area (TPSA) is 69.0 Å². The van der Waals surface area contributed by atoms with Gasteiger partial charge in [0.15, 0.2) is 16.9 Å². The molecule has 37 heavy (non-hydrogen) atoms. The molecule has 3 aromatic carbocycles. The van der Waals surface area contributed by atoms with Crippen molar-refractivity contribution in [2.45, 2.75) is 39.2 Å². The Morgan fingerprint density at radius 1 is 0.973 bits per heavy atom. The van der Waals surface area contributed by atoms with Gasteiger partial charge in [-0.3, -0.25) is 14.5 Å². The zero-order valence-corrected chi connectivity index (χ0v) is 22.6. The molecule has 1 amide bonds. The van der Waals surface area contributed by atoms with E-state index in [1.807, 2.05) is 55.5 Å². The number of aryl methyl sites for hydroxylation is 1. The summed E-state index contributed by atoms with van der Waals surface area (Å²) in [7, 11) is 1.59. The predicted molar refractivity (Wildman–Crippen MR) is 148 cm³/mol. The molecule has 5 rings (SSSR count). The molecule has 2 heterocycles. The van der Waals surface area contributed by atoms with E-state index in [1.54, 1.807) is 24.1 Å². The fraction of sp³-hybridized carbons (Fsp3) is 0.267. The van der Waals surface area contributed by atoms with Crippen LogP contribution in [-0.2, 0) is 0 Å². The van der Waals surface area contributed by atoms with Crippen molar-refractivity contribution in [2.75, 3.05) is 18.6 Å². The number of hydrogen-bond donors (Lipinski definition) is 0. The SMILES string of the molecule is CCCCCOc1ccc(C2c3c(oc4ccc(C)cc4c3=O)C(=O)N2c2ccc(Br)cc2)cc1OC. The van der Waals surface area contributed by atoms with Crippen LogP contribution in [0.5, 0.6) is 11.5 Å². The quantitative estimate of drug-likeness (QED) is 0.213. The summed E-state index contributed by atoms with van der Waals surface area (Å²) in [6.07, 6.45) is 3.15. The first-order chi connectivity index (χ1) is 17.9. The summed E-state index contributed by atoms with van der Waals surface area (Å²) in [5.41, 5.74) is 2.83. The molecule has 1 aliphatic rings. The van der Waals surface area contributed by atoms with Gasteiger partial charge in [0, 0.05) is 10.2 Å². The van der Waals surface area contributed by atoms with E-state index in [9.17, 15) is 9.59 Å². The largest absolute Gasteiger partial charge is 0.493 e. The zero-order chi connectivity index (χ0) is 26.1. The molecule has 1 aromatic heterocycles. The monoisotopic (exact) mass is 561 g/mol. The van der Waals surface area contributed by atoms with Crippen LogP contribution in [0.4, 0.5) is 5.69 Å².